The van der Waals surface area contributed by atoms with E-state index in [-0.39, 0.29) is 23.4 Å². The Balaban J connectivity index is 1.46. The van der Waals surface area contributed by atoms with Gasteiger partial charge in [-0.25, -0.2) is 4.99 Å². The van der Waals surface area contributed by atoms with Crippen LogP contribution in [0, 0.1) is 0 Å². The molecule has 1 atom stereocenters. The van der Waals surface area contributed by atoms with Crippen LogP contribution in [0.3, 0.4) is 0 Å². The third-order valence-corrected chi connectivity index (χ3v) is 6.36. The molecule has 0 bridgehead atoms. The lowest BCUT2D eigenvalue weighted by Crippen LogP contribution is -2.44. The maximum Gasteiger partial charge on any atom is 0.271 e. The fraction of sp³-hybridized carbons (Fsp3) is 0.423. The van der Waals surface area contributed by atoms with Gasteiger partial charge in [-0.1, -0.05) is 0 Å². The van der Waals surface area contributed by atoms with Gasteiger partial charge >= 0.3 is 0 Å². The molecule has 1 aromatic carbocycles. The Kier molecular flexibility index (Phi) is 7.99. The minimum absolute atomic E-state index is 0.194. The molecule has 0 radical (unpaired) electrons. The summed E-state index contributed by atoms with van der Waals surface area (Å²) in [7, 11) is 6.09. The molecule has 9 nitrogen and oxygen atoms in total. The van der Waals surface area contributed by atoms with Crippen LogP contribution in [0.5, 0.6) is 0 Å². The zero-order valence-electron chi connectivity index (χ0n) is 20.8. The highest BCUT2D eigenvalue weighted by Gasteiger charge is 2.18. The topological polar surface area (TPSA) is 96.1 Å². The third kappa shape index (κ3) is 6.37. The first-order valence-electron chi connectivity index (χ1n) is 12.2. The van der Waals surface area contributed by atoms with Crippen molar-refractivity contribution in [3.8, 4) is 0 Å². The summed E-state index contributed by atoms with van der Waals surface area (Å²) in [5, 5.41) is 6.01. The molecule has 1 unspecified atom stereocenters. The Morgan fingerprint density at radius 2 is 1.86 bits per heavy atom. The smallest absolute Gasteiger partial charge is 0.271 e. The van der Waals surface area contributed by atoms with Crippen molar-refractivity contribution in [2.75, 3.05) is 57.5 Å². The Hall–Kier alpha value is -3.43. The average molecular weight is 478 g/mol. The summed E-state index contributed by atoms with van der Waals surface area (Å²) in [5.74, 6) is -0.318. The number of benzene rings is 1. The van der Waals surface area contributed by atoms with Crippen molar-refractivity contribution >= 4 is 23.0 Å². The van der Waals surface area contributed by atoms with Crippen LogP contribution in [-0.2, 0) is 0 Å². The van der Waals surface area contributed by atoms with Gasteiger partial charge in [-0.05, 0) is 76.8 Å². The number of aromatic amines is 1. The van der Waals surface area contributed by atoms with E-state index >= 15 is 0 Å². The predicted octanol–water partition coefficient (Wildman–Crippen LogP) is 2.30. The van der Waals surface area contributed by atoms with Gasteiger partial charge in [-0.15, -0.1) is 0 Å². The molecule has 1 aromatic heterocycles. The Morgan fingerprint density at radius 1 is 1.11 bits per heavy atom. The lowest BCUT2D eigenvalue weighted by Gasteiger charge is -2.28. The number of likely N-dealkylation sites (N-methyl/N-ethyl adjacent to an activating group) is 2. The summed E-state index contributed by atoms with van der Waals surface area (Å²) >= 11 is 0. The molecule has 35 heavy (non-hydrogen) atoms. The Bertz CT molecular complexity index is 1130. The Morgan fingerprint density at radius 3 is 2.57 bits per heavy atom. The second kappa shape index (κ2) is 11.3. The number of H-pyrrole nitrogens is 1. The lowest BCUT2D eigenvalue weighted by molar-refractivity contribution is 0.102. The molecule has 4 rings (SSSR count). The number of pyridine rings is 1. The standard InChI is InChI=1S/C26H35N7O2/c1-31(2)15-16-32(3)26-27-12-11-22(30-26)20-17-23(25(35)28-18-20)29-24(34)19-7-9-21(10-8-19)33-13-5-4-6-14-33/h7-12,17-18,26-27H,4-6,13-16H2,1-3H3,(H,28,35)(H,29,34). The number of amides is 1. The van der Waals surface area contributed by atoms with E-state index in [9.17, 15) is 9.59 Å². The van der Waals surface area contributed by atoms with Gasteiger partial charge in [0.25, 0.3) is 11.5 Å². The van der Waals surface area contributed by atoms with Crippen molar-refractivity contribution < 1.29 is 4.79 Å². The highest BCUT2D eigenvalue weighted by Crippen LogP contribution is 2.20. The summed E-state index contributed by atoms with van der Waals surface area (Å²) in [6, 6.07) is 9.24. The van der Waals surface area contributed by atoms with E-state index in [0.29, 0.717) is 5.56 Å². The van der Waals surface area contributed by atoms with Gasteiger partial charge in [-0.3, -0.25) is 14.5 Å². The predicted molar refractivity (Wildman–Crippen MR) is 141 cm³/mol. The molecular weight excluding hydrogens is 442 g/mol. The Labute approximate surface area is 206 Å². The first-order chi connectivity index (χ1) is 16.9. The van der Waals surface area contributed by atoms with Crippen LogP contribution < -0.4 is 21.1 Å². The van der Waals surface area contributed by atoms with E-state index in [4.69, 9.17) is 4.99 Å². The van der Waals surface area contributed by atoms with Crippen LogP contribution in [0.2, 0.25) is 0 Å². The molecule has 3 N–H and O–H groups in total. The van der Waals surface area contributed by atoms with Crippen molar-refractivity contribution in [2.24, 2.45) is 4.99 Å². The molecule has 1 fully saturated rings. The molecule has 2 aliphatic rings. The number of anilines is 2. The fourth-order valence-corrected chi connectivity index (χ4v) is 4.20. The van der Waals surface area contributed by atoms with Crippen LogP contribution in [-0.4, -0.2) is 80.0 Å². The number of hydrogen-bond donors (Lipinski definition) is 3. The van der Waals surface area contributed by atoms with Gasteiger partial charge in [0.15, 0.2) is 6.29 Å². The number of aliphatic imine (C=N–C) groups is 1. The van der Waals surface area contributed by atoms with E-state index in [1.807, 2.05) is 57.7 Å². The first-order valence-corrected chi connectivity index (χ1v) is 12.2. The van der Waals surface area contributed by atoms with E-state index in [1.165, 1.54) is 19.3 Å². The zero-order chi connectivity index (χ0) is 24.8. The second-order valence-corrected chi connectivity index (χ2v) is 9.35. The lowest BCUT2D eigenvalue weighted by atomic mass is 10.1. The minimum Gasteiger partial charge on any atom is -0.372 e. The van der Waals surface area contributed by atoms with Gasteiger partial charge in [0.1, 0.15) is 5.69 Å². The van der Waals surface area contributed by atoms with Gasteiger partial charge in [0, 0.05) is 55.4 Å². The number of carbonyl (C=O) groups is 1. The zero-order valence-corrected chi connectivity index (χ0v) is 20.8. The monoisotopic (exact) mass is 477 g/mol. The molecule has 186 valence electrons. The van der Waals surface area contributed by atoms with Crippen LogP contribution in [0.15, 0.2) is 58.6 Å². The maximum absolute atomic E-state index is 12.9. The molecule has 2 aliphatic heterocycles. The fourth-order valence-electron chi connectivity index (χ4n) is 4.20. The summed E-state index contributed by atoms with van der Waals surface area (Å²) < 4.78 is 0. The second-order valence-electron chi connectivity index (χ2n) is 9.35. The number of nitrogens with zero attached hydrogens (tertiary/aromatic N) is 4. The van der Waals surface area contributed by atoms with Crippen molar-refractivity contribution in [1.82, 2.24) is 20.1 Å². The number of allylic oxidation sites excluding steroid dienone is 1. The normalized spacial score (nSPS) is 17.9. The van der Waals surface area contributed by atoms with Crippen molar-refractivity contribution in [3.63, 3.8) is 0 Å². The van der Waals surface area contributed by atoms with Crippen LogP contribution >= 0.6 is 0 Å². The molecule has 1 saturated heterocycles. The molecule has 1 amide bonds. The summed E-state index contributed by atoms with van der Waals surface area (Å²) in [5.41, 5.74) is 2.93. The third-order valence-electron chi connectivity index (χ3n) is 6.36. The van der Waals surface area contributed by atoms with Crippen molar-refractivity contribution in [1.29, 1.82) is 0 Å². The van der Waals surface area contributed by atoms with E-state index in [0.717, 1.165) is 43.1 Å². The van der Waals surface area contributed by atoms with E-state index in [2.05, 4.69) is 30.3 Å². The SMILES string of the molecule is CN(C)CCN(C)C1N=C(c2c[nH]c(=O)c(NC(=O)c3ccc(N4CCCCC4)cc3)c2)C=CN1. The number of rotatable bonds is 8. The molecule has 0 saturated carbocycles. The number of aromatic nitrogens is 1. The summed E-state index contributed by atoms with van der Waals surface area (Å²) in [4.78, 5) is 39.4. The van der Waals surface area contributed by atoms with E-state index < -0.39 is 0 Å². The van der Waals surface area contributed by atoms with Crippen LogP contribution in [0.25, 0.3) is 0 Å². The van der Waals surface area contributed by atoms with Crippen LogP contribution in [0.1, 0.15) is 35.2 Å². The van der Waals surface area contributed by atoms with Gasteiger partial charge < -0.3 is 25.4 Å². The van der Waals surface area contributed by atoms with Gasteiger partial charge in [0.05, 0.1) is 5.71 Å². The maximum atomic E-state index is 12.9. The molecule has 3 heterocycles. The van der Waals surface area contributed by atoms with Crippen molar-refractivity contribution in [2.45, 2.75) is 25.6 Å². The largest absolute Gasteiger partial charge is 0.372 e. The molecule has 9 heteroatoms. The molecular formula is C26H35N7O2. The summed E-state index contributed by atoms with van der Waals surface area (Å²) in [6.45, 7) is 3.86. The van der Waals surface area contributed by atoms with Gasteiger partial charge in [0.2, 0.25) is 0 Å². The number of carbonyl (C=O) groups excluding carboxylic acids is 1. The quantitative estimate of drug-likeness (QED) is 0.540. The van der Waals surface area contributed by atoms with E-state index in [1.54, 1.807) is 12.3 Å². The molecule has 0 spiro atoms. The number of piperidine rings is 1. The average Bonchev–Trinajstić information content (AvgIpc) is 2.89. The highest BCUT2D eigenvalue weighted by atomic mass is 16.2. The summed E-state index contributed by atoms with van der Waals surface area (Å²) in [6.07, 6.45) is 8.80. The van der Waals surface area contributed by atoms with Gasteiger partial charge in [-0.2, -0.15) is 0 Å². The molecule has 2 aromatic rings. The van der Waals surface area contributed by atoms with Crippen LogP contribution in [0.4, 0.5) is 11.4 Å². The number of nitrogens with one attached hydrogen (secondary N) is 3. The first kappa shape index (κ1) is 24.7. The highest BCUT2D eigenvalue weighted by molar-refractivity contribution is 6.10. The minimum atomic E-state index is -0.356. The number of hydrogen-bond acceptors (Lipinski definition) is 7. The molecule has 0 aliphatic carbocycles. The van der Waals surface area contributed by atoms with Crippen molar-refractivity contribution in [3.05, 3.63) is 70.3 Å².